The minimum Gasteiger partial charge on any atom is -0.378 e. The molecule has 5 heteroatoms. The summed E-state index contributed by atoms with van der Waals surface area (Å²) in [7, 11) is 0. The lowest BCUT2D eigenvalue weighted by Crippen LogP contribution is -2.54. The van der Waals surface area contributed by atoms with Gasteiger partial charge >= 0.3 is 0 Å². The van der Waals surface area contributed by atoms with Gasteiger partial charge in [0.25, 0.3) is 0 Å². The Morgan fingerprint density at radius 1 is 1.33 bits per heavy atom. The second-order valence-corrected chi connectivity index (χ2v) is 5.33. The standard InChI is InChI=1S/C13H25N3O2/c1-11-3-2-4-12(9-14)16(11)10-13(17)15-5-7-18-8-6-15/h11-12H,2-10,14H2,1H3. The van der Waals surface area contributed by atoms with Crippen LogP contribution in [0.15, 0.2) is 0 Å². The second kappa shape index (κ2) is 6.50. The first-order chi connectivity index (χ1) is 8.72. The Balaban J connectivity index is 1.90. The van der Waals surface area contributed by atoms with Gasteiger partial charge < -0.3 is 15.4 Å². The van der Waals surface area contributed by atoms with Crippen molar-refractivity contribution in [2.45, 2.75) is 38.3 Å². The summed E-state index contributed by atoms with van der Waals surface area (Å²) in [6.07, 6.45) is 3.52. The van der Waals surface area contributed by atoms with E-state index in [0.717, 1.165) is 19.5 Å². The number of hydrogen-bond acceptors (Lipinski definition) is 4. The van der Waals surface area contributed by atoms with Gasteiger partial charge in [-0.2, -0.15) is 0 Å². The number of morpholine rings is 1. The highest BCUT2D eigenvalue weighted by Gasteiger charge is 2.30. The normalized spacial score (nSPS) is 30.4. The molecule has 2 saturated heterocycles. The van der Waals surface area contributed by atoms with Crippen LogP contribution >= 0.6 is 0 Å². The zero-order valence-electron chi connectivity index (χ0n) is 11.3. The number of ether oxygens (including phenoxy) is 1. The number of rotatable bonds is 3. The van der Waals surface area contributed by atoms with Crippen molar-refractivity contribution in [2.24, 2.45) is 5.73 Å². The first-order valence-electron chi connectivity index (χ1n) is 7.03. The lowest BCUT2D eigenvalue weighted by atomic mass is 9.96. The molecule has 18 heavy (non-hydrogen) atoms. The quantitative estimate of drug-likeness (QED) is 0.774. The third kappa shape index (κ3) is 3.22. The van der Waals surface area contributed by atoms with E-state index < -0.39 is 0 Å². The average molecular weight is 255 g/mol. The van der Waals surface area contributed by atoms with Crippen LogP contribution in [0.25, 0.3) is 0 Å². The molecule has 2 heterocycles. The Morgan fingerprint density at radius 2 is 2.06 bits per heavy atom. The van der Waals surface area contributed by atoms with Gasteiger partial charge in [0.2, 0.25) is 5.91 Å². The molecule has 0 saturated carbocycles. The van der Waals surface area contributed by atoms with E-state index in [4.69, 9.17) is 10.5 Å². The lowest BCUT2D eigenvalue weighted by molar-refractivity contribution is -0.138. The molecule has 5 nitrogen and oxygen atoms in total. The van der Waals surface area contributed by atoms with E-state index in [-0.39, 0.29) is 5.91 Å². The molecule has 2 N–H and O–H groups in total. The molecular weight excluding hydrogens is 230 g/mol. The van der Waals surface area contributed by atoms with Crippen LogP contribution in [-0.4, -0.2) is 67.2 Å². The number of nitrogens with zero attached hydrogens (tertiary/aromatic N) is 2. The van der Waals surface area contributed by atoms with Gasteiger partial charge in [0.15, 0.2) is 0 Å². The maximum atomic E-state index is 12.3. The van der Waals surface area contributed by atoms with Crippen molar-refractivity contribution >= 4 is 5.91 Å². The summed E-state index contributed by atoms with van der Waals surface area (Å²) >= 11 is 0. The van der Waals surface area contributed by atoms with Crippen molar-refractivity contribution in [2.75, 3.05) is 39.4 Å². The fraction of sp³-hybridized carbons (Fsp3) is 0.923. The van der Waals surface area contributed by atoms with E-state index in [1.54, 1.807) is 0 Å². The van der Waals surface area contributed by atoms with Gasteiger partial charge in [0.1, 0.15) is 0 Å². The fourth-order valence-corrected chi connectivity index (χ4v) is 2.95. The summed E-state index contributed by atoms with van der Waals surface area (Å²) < 4.78 is 5.28. The van der Waals surface area contributed by atoms with Gasteiger partial charge in [-0.25, -0.2) is 0 Å². The van der Waals surface area contributed by atoms with Crippen LogP contribution in [0.4, 0.5) is 0 Å². The predicted octanol–water partition coefficient (Wildman–Crippen LogP) is 0.0469. The monoisotopic (exact) mass is 255 g/mol. The van der Waals surface area contributed by atoms with Crippen LogP contribution in [0.1, 0.15) is 26.2 Å². The Hall–Kier alpha value is -0.650. The SMILES string of the molecule is CC1CCCC(CN)N1CC(=O)N1CCOCC1. The van der Waals surface area contributed by atoms with Crippen molar-refractivity contribution in [3.8, 4) is 0 Å². The molecule has 0 bridgehead atoms. The van der Waals surface area contributed by atoms with Crippen molar-refractivity contribution in [1.29, 1.82) is 0 Å². The Morgan fingerprint density at radius 3 is 2.72 bits per heavy atom. The molecule has 2 unspecified atom stereocenters. The third-order valence-electron chi connectivity index (χ3n) is 4.15. The van der Waals surface area contributed by atoms with E-state index in [0.29, 0.717) is 38.4 Å². The zero-order valence-corrected chi connectivity index (χ0v) is 11.3. The molecule has 2 aliphatic heterocycles. The molecule has 2 aliphatic rings. The summed E-state index contributed by atoms with van der Waals surface area (Å²) in [5.74, 6) is 0.227. The molecule has 2 fully saturated rings. The Labute approximate surface area is 109 Å². The topological polar surface area (TPSA) is 58.8 Å². The van der Waals surface area contributed by atoms with E-state index in [1.807, 2.05) is 4.90 Å². The molecular formula is C13H25N3O2. The first kappa shape index (κ1) is 13.8. The minimum atomic E-state index is 0.227. The number of amides is 1. The number of nitrogens with two attached hydrogens (primary N) is 1. The first-order valence-corrected chi connectivity index (χ1v) is 7.03. The second-order valence-electron chi connectivity index (χ2n) is 5.33. The van der Waals surface area contributed by atoms with Gasteiger partial charge in [0.05, 0.1) is 19.8 Å². The van der Waals surface area contributed by atoms with Gasteiger partial charge in [-0.1, -0.05) is 6.42 Å². The van der Waals surface area contributed by atoms with Crippen LogP contribution in [0.3, 0.4) is 0 Å². The van der Waals surface area contributed by atoms with Gasteiger partial charge in [-0.3, -0.25) is 9.69 Å². The molecule has 2 rings (SSSR count). The number of carbonyl (C=O) groups excluding carboxylic acids is 1. The van der Waals surface area contributed by atoms with Gasteiger partial charge in [0, 0.05) is 31.7 Å². The molecule has 104 valence electrons. The maximum Gasteiger partial charge on any atom is 0.236 e. The highest BCUT2D eigenvalue weighted by molar-refractivity contribution is 5.78. The number of hydrogen-bond donors (Lipinski definition) is 1. The highest BCUT2D eigenvalue weighted by atomic mass is 16.5. The molecule has 1 amide bonds. The number of piperidine rings is 1. The summed E-state index contributed by atoms with van der Waals surface area (Å²) in [5.41, 5.74) is 5.82. The number of carbonyl (C=O) groups is 1. The van der Waals surface area contributed by atoms with E-state index in [9.17, 15) is 4.79 Å². The summed E-state index contributed by atoms with van der Waals surface area (Å²) in [6.45, 7) is 6.17. The highest BCUT2D eigenvalue weighted by Crippen LogP contribution is 2.22. The van der Waals surface area contributed by atoms with Crippen LogP contribution in [0, 0.1) is 0 Å². The molecule has 0 spiro atoms. The maximum absolute atomic E-state index is 12.3. The van der Waals surface area contributed by atoms with E-state index in [1.165, 1.54) is 12.8 Å². The largest absolute Gasteiger partial charge is 0.378 e. The predicted molar refractivity (Wildman–Crippen MR) is 70.3 cm³/mol. The Kier molecular flexibility index (Phi) is 4.97. The molecule has 0 aliphatic carbocycles. The smallest absolute Gasteiger partial charge is 0.236 e. The summed E-state index contributed by atoms with van der Waals surface area (Å²) in [6, 6.07) is 0.844. The molecule has 0 aromatic rings. The van der Waals surface area contributed by atoms with Crippen molar-refractivity contribution in [3.05, 3.63) is 0 Å². The summed E-state index contributed by atoms with van der Waals surface area (Å²) in [5, 5.41) is 0. The minimum absolute atomic E-state index is 0.227. The van der Waals surface area contributed by atoms with Crippen molar-refractivity contribution < 1.29 is 9.53 Å². The molecule has 0 radical (unpaired) electrons. The third-order valence-corrected chi connectivity index (χ3v) is 4.15. The molecule has 2 atom stereocenters. The van der Waals surface area contributed by atoms with E-state index in [2.05, 4.69) is 11.8 Å². The molecule has 0 aromatic heterocycles. The van der Waals surface area contributed by atoms with Gasteiger partial charge in [-0.15, -0.1) is 0 Å². The molecule has 0 aromatic carbocycles. The van der Waals surface area contributed by atoms with Crippen LogP contribution < -0.4 is 5.73 Å². The van der Waals surface area contributed by atoms with Crippen molar-refractivity contribution in [3.63, 3.8) is 0 Å². The van der Waals surface area contributed by atoms with Crippen LogP contribution in [0.5, 0.6) is 0 Å². The Bertz CT molecular complexity index is 279. The fourth-order valence-electron chi connectivity index (χ4n) is 2.95. The van der Waals surface area contributed by atoms with Gasteiger partial charge in [-0.05, 0) is 19.8 Å². The van der Waals surface area contributed by atoms with E-state index >= 15 is 0 Å². The number of likely N-dealkylation sites (tertiary alicyclic amines) is 1. The van der Waals surface area contributed by atoms with Crippen LogP contribution in [-0.2, 0) is 9.53 Å². The zero-order chi connectivity index (χ0) is 13.0. The lowest BCUT2D eigenvalue weighted by Gasteiger charge is -2.41. The average Bonchev–Trinajstić information content (AvgIpc) is 2.42. The van der Waals surface area contributed by atoms with Crippen molar-refractivity contribution in [1.82, 2.24) is 9.80 Å². The summed E-state index contributed by atoms with van der Waals surface area (Å²) in [4.78, 5) is 16.5. The van der Waals surface area contributed by atoms with Crippen LogP contribution in [0.2, 0.25) is 0 Å².